The number of benzene rings is 1. The maximum Gasteiger partial charge on any atom is 0.332 e. The Kier molecular flexibility index (Phi) is 3.58. The van der Waals surface area contributed by atoms with Crippen LogP contribution in [0.1, 0.15) is 11.1 Å². The zero-order chi connectivity index (χ0) is 14.0. The van der Waals surface area contributed by atoms with Gasteiger partial charge >= 0.3 is 5.69 Å². The monoisotopic (exact) mass is 273 g/mol. The summed E-state index contributed by atoms with van der Waals surface area (Å²) in [4.78, 5) is 26.4. The summed E-state index contributed by atoms with van der Waals surface area (Å²) in [5.74, 6) is 0. The molecule has 19 heavy (non-hydrogen) atoms. The highest BCUT2D eigenvalue weighted by Crippen LogP contribution is 2.20. The largest absolute Gasteiger partial charge is 0.332 e. The third-order valence-corrected chi connectivity index (χ3v) is 3.45. The first-order chi connectivity index (χ1) is 9.06. The molecule has 6 heteroatoms. The highest BCUT2D eigenvalue weighted by atomic mass is 32.2. The molecule has 0 saturated heterocycles. The first kappa shape index (κ1) is 13.2. The van der Waals surface area contributed by atoms with E-state index in [2.05, 4.69) is 4.98 Å². The summed E-state index contributed by atoms with van der Waals surface area (Å²) in [5.41, 5.74) is 0.236. The predicted octanol–water partition coefficient (Wildman–Crippen LogP) is 1.43. The van der Waals surface area contributed by atoms with Crippen LogP contribution in [0.25, 0.3) is 5.69 Å². The molecular formula is C13H11N3O2S. The zero-order valence-electron chi connectivity index (χ0n) is 10.4. The fraction of sp³-hybridized carbons (Fsp3) is 0.154. The van der Waals surface area contributed by atoms with E-state index >= 15 is 0 Å². The minimum Gasteiger partial charge on any atom is -0.273 e. The lowest BCUT2D eigenvalue weighted by Crippen LogP contribution is -2.30. The van der Waals surface area contributed by atoms with E-state index in [0.29, 0.717) is 5.69 Å². The number of aromatic amines is 1. The van der Waals surface area contributed by atoms with Gasteiger partial charge in [-0.25, -0.2) is 4.79 Å². The molecule has 0 radical (unpaired) electrons. The van der Waals surface area contributed by atoms with Crippen LogP contribution in [-0.4, -0.2) is 15.8 Å². The summed E-state index contributed by atoms with van der Waals surface area (Å²) in [7, 11) is 0. The second-order valence-electron chi connectivity index (χ2n) is 3.94. The first-order valence-electron chi connectivity index (χ1n) is 5.48. The molecule has 96 valence electrons. The van der Waals surface area contributed by atoms with E-state index < -0.39 is 11.2 Å². The lowest BCUT2D eigenvalue weighted by atomic mass is 10.2. The Hall–Kier alpha value is -2.26. The van der Waals surface area contributed by atoms with Crippen LogP contribution in [0.4, 0.5) is 0 Å². The Bertz CT molecular complexity index is 784. The van der Waals surface area contributed by atoms with Crippen molar-refractivity contribution in [3.8, 4) is 11.8 Å². The number of nitrogens with zero attached hydrogens (tertiary/aromatic N) is 2. The molecule has 0 unspecified atom stereocenters. The van der Waals surface area contributed by atoms with Crippen LogP contribution >= 0.6 is 11.8 Å². The minimum absolute atomic E-state index is 0.0899. The maximum atomic E-state index is 11.8. The Morgan fingerprint density at radius 1 is 1.37 bits per heavy atom. The van der Waals surface area contributed by atoms with E-state index in [0.717, 1.165) is 10.5 Å². The van der Waals surface area contributed by atoms with Gasteiger partial charge in [-0.05, 0) is 36.9 Å². The van der Waals surface area contributed by atoms with E-state index in [1.165, 1.54) is 10.8 Å². The number of rotatable bonds is 2. The molecule has 1 aromatic carbocycles. The smallest absolute Gasteiger partial charge is 0.273 e. The average Bonchev–Trinajstić information content (AvgIpc) is 2.39. The topological polar surface area (TPSA) is 78.7 Å². The number of hydrogen-bond acceptors (Lipinski definition) is 4. The molecular weight excluding hydrogens is 262 g/mol. The Morgan fingerprint density at radius 3 is 2.68 bits per heavy atom. The van der Waals surface area contributed by atoms with E-state index in [-0.39, 0.29) is 5.56 Å². The number of nitrogens with one attached hydrogen (secondary N) is 1. The normalized spacial score (nSPS) is 10.2. The van der Waals surface area contributed by atoms with E-state index in [4.69, 9.17) is 5.26 Å². The highest BCUT2D eigenvalue weighted by Gasteiger charge is 2.08. The van der Waals surface area contributed by atoms with Gasteiger partial charge in [-0.2, -0.15) is 5.26 Å². The van der Waals surface area contributed by atoms with Crippen LogP contribution in [0.15, 0.2) is 38.9 Å². The van der Waals surface area contributed by atoms with Crippen molar-refractivity contribution in [1.82, 2.24) is 9.55 Å². The molecule has 2 aromatic rings. The third-order valence-electron chi connectivity index (χ3n) is 2.73. The van der Waals surface area contributed by atoms with Crippen molar-refractivity contribution in [3.63, 3.8) is 0 Å². The Labute approximate surface area is 113 Å². The summed E-state index contributed by atoms with van der Waals surface area (Å²) in [6.07, 6.45) is 3.23. The van der Waals surface area contributed by atoms with E-state index in [1.54, 1.807) is 23.9 Å². The molecule has 0 saturated carbocycles. The van der Waals surface area contributed by atoms with Crippen molar-refractivity contribution in [2.24, 2.45) is 0 Å². The van der Waals surface area contributed by atoms with Crippen LogP contribution in [-0.2, 0) is 0 Å². The van der Waals surface area contributed by atoms with Gasteiger partial charge in [0.1, 0.15) is 11.6 Å². The average molecular weight is 273 g/mol. The molecule has 1 aromatic heterocycles. The van der Waals surface area contributed by atoms with Gasteiger partial charge in [0, 0.05) is 11.1 Å². The first-order valence-corrected chi connectivity index (χ1v) is 6.70. The summed E-state index contributed by atoms with van der Waals surface area (Å²) in [6, 6.07) is 7.39. The number of H-pyrrole nitrogens is 1. The van der Waals surface area contributed by atoms with Crippen LogP contribution in [0.5, 0.6) is 0 Å². The molecule has 0 amide bonds. The van der Waals surface area contributed by atoms with Crippen molar-refractivity contribution in [1.29, 1.82) is 5.26 Å². The van der Waals surface area contributed by atoms with Gasteiger partial charge in [0.15, 0.2) is 0 Å². The van der Waals surface area contributed by atoms with Crippen LogP contribution in [0, 0.1) is 18.3 Å². The SMILES string of the molecule is CSc1ccc(-n2cc(C#N)c(=O)[nH]c2=O)c(C)c1. The minimum atomic E-state index is -0.665. The molecule has 0 aliphatic rings. The van der Waals surface area contributed by atoms with Crippen LogP contribution in [0.3, 0.4) is 0 Å². The second kappa shape index (κ2) is 5.16. The molecule has 2 rings (SSSR count). The van der Waals surface area contributed by atoms with Crippen LogP contribution < -0.4 is 11.2 Å². The standard InChI is InChI=1S/C13H11N3O2S/c1-8-5-10(19-2)3-4-11(8)16-7-9(6-14)12(17)15-13(16)18/h3-5,7H,1-2H3,(H,15,17,18). The fourth-order valence-electron chi connectivity index (χ4n) is 1.75. The lowest BCUT2D eigenvalue weighted by molar-refractivity contribution is 0.881. The maximum absolute atomic E-state index is 11.8. The predicted molar refractivity (Wildman–Crippen MR) is 73.9 cm³/mol. The molecule has 1 heterocycles. The molecule has 0 spiro atoms. The molecule has 0 fully saturated rings. The lowest BCUT2D eigenvalue weighted by Gasteiger charge is -2.09. The summed E-state index contributed by atoms with van der Waals surface area (Å²) in [5, 5.41) is 8.84. The van der Waals surface area contributed by atoms with Crippen molar-refractivity contribution < 1.29 is 0 Å². The summed E-state index contributed by atoms with van der Waals surface area (Å²) in [6.45, 7) is 1.87. The third kappa shape index (κ3) is 2.46. The van der Waals surface area contributed by atoms with Crippen molar-refractivity contribution >= 4 is 11.8 Å². The van der Waals surface area contributed by atoms with Gasteiger partial charge in [0.25, 0.3) is 5.56 Å². The van der Waals surface area contributed by atoms with E-state index in [1.807, 2.05) is 25.3 Å². The molecule has 1 N–H and O–H groups in total. The van der Waals surface area contributed by atoms with Crippen molar-refractivity contribution in [2.75, 3.05) is 6.26 Å². The van der Waals surface area contributed by atoms with Gasteiger partial charge in [-0.15, -0.1) is 11.8 Å². The quantitative estimate of drug-likeness (QED) is 0.839. The van der Waals surface area contributed by atoms with Gasteiger partial charge in [-0.1, -0.05) is 0 Å². The van der Waals surface area contributed by atoms with Gasteiger partial charge in [-0.3, -0.25) is 14.3 Å². The number of nitriles is 1. The fourth-order valence-corrected chi connectivity index (χ4v) is 2.25. The van der Waals surface area contributed by atoms with Gasteiger partial charge in [0.2, 0.25) is 0 Å². The number of aryl methyl sites for hydroxylation is 1. The number of thioether (sulfide) groups is 1. The molecule has 5 nitrogen and oxygen atoms in total. The molecule has 0 aliphatic carbocycles. The van der Waals surface area contributed by atoms with E-state index in [9.17, 15) is 9.59 Å². The number of hydrogen-bond donors (Lipinski definition) is 1. The molecule has 0 atom stereocenters. The summed E-state index contributed by atoms with van der Waals surface area (Å²) >= 11 is 1.60. The van der Waals surface area contributed by atoms with Crippen molar-refractivity contribution in [2.45, 2.75) is 11.8 Å². The van der Waals surface area contributed by atoms with Crippen LogP contribution in [0.2, 0.25) is 0 Å². The molecule has 0 bridgehead atoms. The zero-order valence-corrected chi connectivity index (χ0v) is 11.2. The Balaban J connectivity index is 2.69. The summed E-state index contributed by atoms with van der Waals surface area (Å²) < 4.78 is 1.28. The van der Waals surface area contributed by atoms with Gasteiger partial charge in [0.05, 0.1) is 5.69 Å². The second-order valence-corrected chi connectivity index (χ2v) is 4.82. The van der Waals surface area contributed by atoms with Gasteiger partial charge < -0.3 is 0 Å². The highest BCUT2D eigenvalue weighted by molar-refractivity contribution is 7.98. The Morgan fingerprint density at radius 2 is 2.11 bits per heavy atom. The number of aromatic nitrogens is 2. The molecule has 0 aliphatic heterocycles. The van der Waals surface area contributed by atoms with Crippen molar-refractivity contribution in [3.05, 3.63) is 56.4 Å².